The Morgan fingerprint density at radius 2 is 1.65 bits per heavy atom. The molecule has 104 valence electrons. The third-order valence-electron chi connectivity index (χ3n) is 2.54. The molecule has 3 N–H and O–H groups in total. The van der Waals surface area contributed by atoms with Crippen molar-refractivity contribution in [3.05, 3.63) is 46.8 Å². The summed E-state index contributed by atoms with van der Waals surface area (Å²) < 4.78 is 26.1. The average Bonchev–Trinajstić information content (AvgIpc) is 2.32. The molecule has 2 rings (SSSR count). The molecule has 0 unspecified atom stereocenters. The minimum absolute atomic E-state index is 0.0802. The molecule has 0 aliphatic heterocycles. The van der Waals surface area contributed by atoms with Gasteiger partial charge in [-0.2, -0.15) is 0 Å². The van der Waals surface area contributed by atoms with Gasteiger partial charge in [-0.15, -0.1) is 0 Å². The topological polar surface area (TPSA) is 80.9 Å². The van der Waals surface area contributed by atoms with E-state index in [1.165, 1.54) is 0 Å². The summed E-state index contributed by atoms with van der Waals surface area (Å²) in [5.74, 6) is -2.88. The Labute approximate surface area is 113 Å². The molecular weight excluding hydrogens is 266 g/mol. The van der Waals surface area contributed by atoms with E-state index in [2.05, 4.69) is 15.3 Å². The second-order valence-corrected chi connectivity index (χ2v) is 4.28. The van der Waals surface area contributed by atoms with E-state index in [4.69, 9.17) is 5.73 Å². The smallest absolute Gasteiger partial charge is 0.260 e. The number of carbonyl (C=O) groups is 1. The largest absolute Gasteiger partial charge is 0.398 e. The van der Waals surface area contributed by atoms with Crippen LogP contribution in [0.4, 0.5) is 20.4 Å². The van der Waals surface area contributed by atoms with E-state index in [1.54, 1.807) is 19.9 Å². The molecule has 0 aliphatic carbocycles. The van der Waals surface area contributed by atoms with Crippen molar-refractivity contribution in [2.75, 3.05) is 11.1 Å². The lowest BCUT2D eigenvalue weighted by atomic mass is 10.1. The van der Waals surface area contributed by atoms with Crippen molar-refractivity contribution in [2.45, 2.75) is 13.8 Å². The van der Waals surface area contributed by atoms with Crippen LogP contribution in [0.1, 0.15) is 21.7 Å². The second-order valence-electron chi connectivity index (χ2n) is 4.28. The van der Waals surface area contributed by atoms with Gasteiger partial charge in [0, 0.05) is 23.1 Å². The quantitative estimate of drug-likeness (QED) is 0.825. The Morgan fingerprint density at radius 1 is 1.10 bits per heavy atom. The van der Waals surface area contributed by atoms with E-state index in [-0.39, 0.29) is 17.2 Å². The highest BCUT2D eigenvalue weighted by Crippen LogP contribution is 2.18. The summed E-state index contributed by atoms with van der Waals surface area (Å²) in [5.41, 5.74) is 6.51. The second kappa shape index (κ2) is 5.20. The number of anilines is 2. The summed E-state index contributed by atoms with van der Waals surface area (Å²) >= 11 is 0. The number of amides is 1. The van der Waals surface area contributed by atoms with Crippen molar-refractivity contribution in [3.63, 3.8) is 0 Å². The zero-order valence-electron chi connectivity index (χ0n) is 10.9. The fourth-order valence-corrected chi connectivity index (χ4v) is 1.71. The maximum absolute atomic E-state index is 13.1. The SMILES string of the molecule is Cc1cc(C)nc(NC(=O)c2cc(F)c(F)cc2N)n1. The number of nitrogens with two attached hydrogens (primary N) is 1. The van der Waals surface area contributed by atoms with Gasteiger partial charge in [-0.3, -0.25) is 10.1 Å². The van der Waals surface area contributed by atoms with Crippen LogP contribution in [0, 0.1) is 25.5 Å². The average molecular weight is 278 g/mol. The molecule has 7 heteroatoms. The molecule has 0 fully saturated rings. The third-order valence-corrected chi connectivity index (χ3v) is 2.54. The van der Waals surface area contributed by atoms with Crippen LogP contribution in [-0.4, -0.2) is 15.9 Å². The van der Waals surface area contributed by atoms with Crippen LogP contribution in [0.15, 0.2) is 18.2 Å². The van der Waals surface area contributed by atoms with Crippen LogP contribution < -0.4 is 11.1 Å². The maximum atomic E-state index is 13.1. The molecule has 0 radical (unpaired) electrons. The summed E-state index contributed by atoms with van der Waals surface area (Å²) in [6, 6.07) is 3.23. The normalized spacial score (nSPS) is 10.4. The van der Waals surface area contributed by atoms with E-state index in [0.29, 0.717) is 11.4 Å². The molecule has 0 saturated heterocycles. The van der Waals surface area contributed by atoms with Gasteiger partial charge in [0.1, 0.15) is 0 Å². The van der Waals surface area contributed by atoms with Crippen LogP contribution in [0.25, 0.3) is 0 Å². The molecule has 1 heterocycles. The monoisotopic (exact) mass is 278 g/mol. The highest BCUT2D eigenvalue weighted by atomic mass is 19.2. The van der Waals surface area contributed by atoms with Crippen molar-refractivity contribution < 1.29 is 13.6 Å². The molecule has 20 heavy (non-hydrogen) atoms. The van der Waals surface area contributed by atoms with Crippen LogP contribution in [-0.2, 0) is 0 Å². The fourth-order valence-electron chi connectivity index (χ4n) is 1.71. The number of carbonyl (C=O) groups excluding carboxylic acids is 1. The van der Waals surface area contributed by atoms with E-state index in [9.17, 15) is 13.6 Å². The number of aryl methyl sites for hydroxylation is 2. The first-order valence-corrected chi connectivity index (χ1v) is 5.75. The van der Waals surface area contributed by atoms with Gasteiger partial charge in [0.2, 0.25) is 5.95 Å². The summed E-state index contributed by atoms with van der Waals surface area (Å²) in [7, 11) is 0. The molecule has 1 amide bonds. The number of aromatic nitrogens is 2. The molecule has 0 atom stereocenters. The van der Waals surface area contributed by atoms with E-state index >= 15 is 0 Å². The predicted octanol–water partition coefficient (Wildman–Crippen LogP) is 2.21. The molecule has 1 aromatic carbocycles. The minimum Gasteiger partial charge on any atom is -0.398 e. The number of halogens is 2. The zero-order valence-corrected chi connectivity index (χ0v) is 10.9. The number of rotatable bonds is 2. The van der Waals surface area contributed by atoms with E-state index in [1.807, 2.05) is 0 Å². The van der Waals surface area contributed by atoms with Crippen LogP contribution in [0.3, 0.4) is 0 Å². The molecular formula is C13H12F2N4O. The number of nitrogen functional groups attached to an aromatic ring is 1. The predicted molar refractivity (Wildman–Crippen MR) is 70.2 cm³/mol. The van der Waals surface area contributed by atoms with Crippen LogP contribution in [0.5, 0.6) is 0 Å². The first-order chi connectivity index (χ1) is 9.36. The maximum Gasteiger partial charge on any atom is 0.260 e. The van der Waals surface area contributed by atoms with Crippen LogP contribution >= 0.6 is 0 Å². The summed E-state index contributed by atoms with van der Waals surface area (Å²) in [6.45, 7) is 3.49. The van der Waals surface area contributed by atoms with Gasteiger partial charge in [-0.05, 0) is 26.0 Å². The highest BCUT2D eigenvalue weighted by Gasteiger charge is 2.15. The molecule has 0 aliphatic rings. The number of nitrogens with zero attached hydrogens (tertiary/aromatic N) is 2. The van der Waals surface area contributed by atoms with Gasteiger partial charge in [-0.25, -0.2) is 18.7 Å². The zero-order chi connectivity index (χ0) is 14.9. The van der Waals surface area contributed by atoms with Crippen molar-refractivity contribution in [1.29, 1.82) is 0 Å². The lowest BCUT2D eigenvalue weighted by molar-refractivity contribution is 0.102. The number of benzene rings is 1. The molecule has 0 spiro atoms. The summed E-state index contributed by atoms with van der Waals surface area (Å²) in [6.07, 6.45) is 0. The van der Waals surface area contributed by atoms with E-state index < -0.39 is 17.5 Å². The first-order valence-electron chi connectivity index (χ1n) is 5.75. The Balaban J connectivity index is 2.30. The van der Waals surface area contributed by atoms with Gasteiger partial charge in [0.15, 0.2) is 11.6 Å². The van der Waals surface area contributed by atoms with Gasteiger partial charge in [0.05, 0.1) is 5.56 Å². The van der Waals surface area contributed by atoms with E-state index in [0.717, 1.165) is 12.1 Å². The molecule has 1 aromatic heterocycles. The highest BCUT2D eigenvalue weighted by molar-refractivity contribution is 6.06. The van der Waals surface area contributed by atoms with Crippen molar-refractivity contribution in [2.24, 2.45) is 0 Å². The number of nitrogens with one attached hydrogen (secondary N) is 1. The lowest BCUT2D eigenvalue weighted by Gasteiger charge is -2.08. The minimum atomic E-state index is -1.15. The number of hydrogen-bond acceptors (Lipinski definition) is 4. The Hall–Kier alpha value is -2.57. The molecule has 2 aromatic rings. The first kappa shape index (κ1) is 13.9. The van der Waals surface area contributed by atoms with Gasteiger partial charge in [0.25, 0.3) is 5.91 Å². The summed E-state index contributed by atoms with van der Waals surface area (Å²) in [5, 5.41) is 2.40. The molecule has 0 saturated carbocycles. The third kappa shape index (κ3) is 2.87. The van der Waals surface area contributed by atoms with Crippen molar-refractivity contribution in [1.82, 2.24) is 9.97 Å². The van der Waals surface area contributed by atoms with Crippen molar-refractivity contribution in [3.8, 4) is 0 Å². The Kier molecular flexibility index (Phi) is 3.60. The standard InChI is InChI=1S/C13H12F2N4O/c1-6-3-7(2)18-13(17-6)19-12(20)8-4-9(14)10(15)5-11(8)16/h3-5H,16H2,1-2H3,(H,17,18,19,20). The van der Waals surface area contributed by atoms with Gasteiger partial charge < -0.3 is 5.73 Å². The van der Waals surface area contributed by atoms with Gasteiger partial charge in [-0.1, -0.05) is 0 Å². The van der Waals surface area contributed by atoms with Crippen LogP contribution in [0.2, 0.25) is 0 Å². The lowest BCUT2D eigenvalue weighted by Crippen LogP contribution is -2.17. The van der Waals surface area contributed by atoms with Gasteiger partial charge >= 0.3 is 0 Å². The summed E-state index contributed by atoms with van der Waals surface area (Å²) in [4.78, 5) is 20.0. The Morgan fingerprint density at radius 3 is 2.25 bits per heavy atom. The molecule has 5 nitrogen and oxygen atoms in total. The molecule has 0 bridgehead atoms. The Bertz CT molecular complexity index is 668. The number of hydrogen-bond donors (Lipinski definition) is 2. The fraction of sp³-hybridized carbons (Fsp3) is 0.154. The van der Waals surface area contributed by atoms with Crippen molar-refractivity contribution >= 4 is 17.5 Å².